The van der Waals surface area contributed by atoms with Crippen LogP contribution in [0.5, 0.6) is 0 Å². The van der Waals surface area contributed by atoms with E-state index in [9.17, 15) is 9.50 Å². The molecule has 106 valence electrons. The molecule has 0 aliphatic carbocycles. The Bertz CT molecular complexity index is 813. The van der Waals surface area contributed by atoms with E-state index in [1.165, 1.54) is 6.07 Å². The number of benzene rings is 3. The number of fused-ring (bicyclic) bond motifs is 1. The summed E-state index contributed by atoms with van der Waals surface area (Å²) in [4.78, 5) is 0. The van der Waals surface area contributed by atoms with Gasteiger partial charge in [0.2, 0.25) is 0 Å². The average molecular weight is 345 g/mol. The maximum absolute atomic E-state index is 13.7. The van der Waals surface area contributed by atoms with E-state index in [-0.39, 0.29) is 5.82 Å². The molecule has 3 aromatic rings. The summed E-state index contributed by atoms with van der Waals surface area (Å²) >= 11 is 3.23. The van der Waals surface area contributed by atoms with Gasteiger partial charge in [-0.25, -0.2) is 4.39 Å². The van der Waals surface area contributed by atoms with Crippen LogP contribution < -0.4 is 0 Å². The number of rotatable bonds is 2. The van der Waals surface area contributed by atoms with Crippen molar-refractivity contribution in [1.29, 1.82) is 0 Å². The summed E-state index contributed by atoms with van der Waals surface area (Å²) in [5, 5.41) is 12.8. The second kappa shape index (κ2) is 5.58. The third-order valence-electron chi connectivity index (χ3n) is 3.74. The molecule has 3 rings (SSSR count). The summed E-state index contributed by atoms with van der Waals surface area (Å²) in [6.07, 6.45) is -0.874. The first-order valence-electron chi connectivity index (χ1n) is 6.70. The molecule has 21 heavy (non-hydrogen) atoms. The fourth-order valence-electron chi connectivity index (χ4n) is 2.65. The second-order valence-electron chi connectivity index (χ2n) is 5.06. The Labute approximate surface area is 131 Å². The van der Waals surface area contributed by atoms with Gasteiger partial charge in [0.1, 0.15) is 11.9 Å². The predicted octanol–water partition coefficient (Wildman–Crippen LogP) is 5.13. The van der Waals surface area contributed by atoms with Crippen molar-refractivity contribution in [2.75, 3.05) is 0 Å². The molecule has 0 aliphatic rings. The van der Waals surface area contributed by atoms with Crippen molar-refractivity contribution in [2.45, 2.75) is 13.0 Å². The lowest BCUT2D eigenvalue weighted by molar-refractivity contribution is 0.219. The maximum Gasteiger partial charge on any atom is 0.137 e. The Morgan fingerprint density at radius 2 is 1.76 bits per heavy atom. The third kappa shape index (κ3) is 2.47. The topological polar surface area (TPSA) is 20.2 Å². The summed E-state index contributed by atoms with van der Waals surface area (Å²) in [6.45, 7) is 1.96. The van der Waals surface area contributed by atoms with Crippen molar-refractivity contribution in [2.24, 2.45) is 0 Å². The quantitative estimate of drug-likeness (QED) is 0.683. The zero-order valence-electron chi connectivity index (χ0n) is 11.5. The Morgan fingerprint density at radius 3 is 2.57 bits per heavy atom. The van der Waals surface area contributed by atoms with Crippen LogP contribution in [0.25, 0.3) is 10.8 Å². The van der Waals surface area contributed by atoms with Crippen LogP contribution in [0.4, 0.5) is 4.39 Å². The number of hydrogen-bond acceptors (Lipinski definition) is 1. The van der Waals surface area contributed by atoms with Crippen LogP contribution in [-0.2, 0) is 0 Å². The highest BCUT2D eigenvalue weighted by molar-refractivity contribution is 9.10. The van der Waals surface area contributed by atoms with Crippen LogP contribution in [0.3, 0.4) is 0 Å². The monoisotopic (exact) mass is 344 g/mol. The maximum atomic E-state index is 13.7. The fourth-order valence-corrected chi connectivity index (χ4v) is 3.14. The van der Waals surface area contributed by atoms with Gasteiger partial charge in [-0.15, -0.1) is 0 Å². The van der Waals surface area contributed by atoms with Gasteiger partial charge in [0.15, 0.2) is 0 Å². The summed E-state index contributed by atoms with van der Waals surface area (Å²) in [7, 11) is 0. The number of hydrogen-bond donors (Lipinski definition) is 1. The summed E-state index contributed by atoms with van der Waals surface area (Å²) < 4.78 is 14.0. The van der Waals surface area contributed by atoms with E-state index in [4.69, 9.17) is 0 Å². The van der Waals surface area contributed by atoms with Crippen LogP contribution in [0.1, 0.15) is 22.8 Å². The third-order valence-corrected chi connectivity index (χ3v) is 4.57. The summed E-state index contributed by atoms with van der Waals surface area (Å²) in [5.41, 5.74) is 2.34. The molecule has 0 heterocycles. The van der Waals surface area contributed by atoms with Gasteiger partial charge < -0.3 is 5.11 Å². The molecule has 0 saturated carbocycles. The first-order valence-corrected chi connectivity index (χ1v) is 7.49. The lowest BCUT2D eigenvalue weighted by Crippen LogP contribution is -2.05. The van der Waals surface area contributed by atoms with Crippen molar-refractivity contribution in [3.63, 3.8) is 0 Å². The molecule has 0 aromatic heterocycles. The van der Waals surface area contributed by atoms with E-state index < -0.39 is 6.10 Å². The van der Waals surface area contributed by atoms with Crippen LogP contribution in [0.2, 0.25) is 0 Å². The first kappa shape index (κ1) is 14.2. The van der Waals surface area contributed by atoms with Crippen LogP contribution >= 0.6 is 15.9 Å². The van der Waals surface area contributed by atoms with Crippen LogP contribution in [-0.4, -0.2) is 5.11 Å². The minimum absolute atomic E-state index is 0.310. The molecule has 0 amide bonds. The molecule has 0 saturated heterocycles. The standard InChI is InChI=1S/C18H14BrFO/c1-11-9-10-12-5-2-3-6-13(12)16(11)18(21)14-7-4-8-15(20)17(14)19/h2-10,18,21H,1H3. The average Bonchev–Trinajstić information content (AvgIpc) is 2.49. The normalized spacial score (nSPS) is 12.6. The van der Waals surface area contributed by atoms with Crippen molar-refractivity contribution in [3.05, 3.63) is 81.6 Å². The van der Waals surface area contributed by atoms with Gasteiger partial charge in [-0.1, -0.05) is 48.5 Å². The van der Waals surface area contributed by atoms with Crippen molar-refractivity contribution >= 4 is 26.7 Å². The molecule has 0 spiro atoms. The molecule has 0 fully saturated rings. The molecule has 1 N–H and O–H groups in total. The van der Waals surface area contributed by atoms with Gasteiger partial charge in [0.25, 0.3) is 0 Å². The molecule has 1 atom stereocenters. The van der Waals surface area contributed by atoms with Gasteiger partial charge in [0, 0.05) is 5.56 Å². The molecular weight excluding hydrogens is 331 g/mol. The Morgan fingerprint density at radius 1 is 1.00 bits per heavy atom. The molecule has 0 radical (unpaired) electrons. The van der Waals surface area contributed by atoms with Crippen molar-refractivity contribution in [3.8, 4) is 0 Å². The number of halogens is 2. The van der Waals surface area contributed by atoms with E-state index in [0.717, 1.165) is 21.9 Å². The van der Waals surface area contributed by atoms with Gasteiger partial charge in [-0.2, -0.15) is 0 Å². The molecule has 3 heteroatoms. The van der Waals surface area contributed by atoms with Gasteiger partial charge >= 0.3 is 0 Å². The van der Waals surface area contributed by atoms with E-state index in [1.807, 2.05) is 43.3 Å². The highest BCUT2D eigenvalue weighted by Gasteiger charge is 2.19. The minimum atomic E-state index is -0.874. The molecule has 3 aromatic carbocycles. The van der Waals surface area contributed by atoms with Gasteiger partial charge in [0.05, 0.1) is 4.47 Å². The largest absolute Gasteiger partial charge is 0.384 e. The van der Waals surface area contributed by atoms with Crippen molar-refractivity contribution < 1.29 is 9.50 Å². The van der Waals surface area contributed by atoms with E-state index in [2.05, 4.69) is 15.9 Å². The molecule has 0 aliphatic heterocycles. The number of aryl methyl sites for hydroxylation is 1. The second-order valence-corrected chi connectivity index (χ2v) is 5.86. The summed E-state index contributed by atoms with van der Waals surface area (Å²) in [5.74, 6) is -0.371. The highest BCUT2D eigenvalue weighted by Crippen LogP contribution is 2.35. The molecule has 1 unspecified atom stereocenters. The fraction of sp³-hybridized carbons (Fsp3) is 0.111. The lowest BCUT2D eigenvalue weighted by atomic mass is 9.92. The molecular formula is C18H14BrFO. The van der Waals surface area contributed by atoms with E-state index in [0.29, 0.717) is 10.0 Å². The van der Waals surface area contributed by atoms with Crippen LogP contribution in [0, 0.1) is 12.7 Å². The number of aliphatic hydroxyl groups is 1. The van der Waals surface area contributed by atoms with Gasteiger partial charge in [-0.3, -0.25) is 0 Å². The minimum Gasteiger partial charge on any atom is -0.384 e. The Balaban J connectivity index is 2.24. The number of aliphatic hydroxyl groups excluding tert-OH is 1. The zero-order valence-corrected chi connectivity index (χ0v) is 13.1. The SMILES string of the molecule is Cc1ccc2ccccc2c1C(O)c1cccc(F)c1Br. The predicted molar refractivity (Wildman–Crippen MR) is 86.8 cm³/mol. The smallest absolute Gasteiger partial charge is 0.137 e. The first-order chi connectivity index (χ1) is 10.1. The van der Waals surface area contributed by atoms with E-state index in [1.54, 1.807) is 12.1 Å². The van der Waals surface area contributed by atoms with Crippen molar-refractivity contribution in [1.82, 2.24) is 0 Å². The van der Waals surface area contributed by atoms with E-state index >= 15 is 0 Å². The van der Waals surface area contributed by atoms with Crippen LogP contribution in [0.15, 0.2) is 59.1 Å². The zero-order chi connectivity index (χ0) is 15.0. The highest BCUT2D eigenvalue weighted by atomic mass is 79.9. The molecule has 0 bridgehead atoms. The summed E-state index contributed by atoms with van der Waals surface area (Å²) in [6, 6.07) is 16.6. The Hall–Kier alpha value is -1.71. The lowest BCUT2D eigenvalue weighted by Gasteiger charge is -2.18. The van der Waals surface area contributed by atoms with Gasteiger partial charge in [-0.05, 0) is 50.8 Å². The molecule has 1 nitrogen and oxygen atoms in total. The Kier molecular flexibility index (Phi) is 3.79.